The monoisotopic (exact) mass is 476 g/mol. The summed E-state index contributed by atoms with van der Waals surface area (Å²) >= 11 is 3.44. The molecule has 1 atom stereocenters. The van der Waals surface area contributed by atoms with Gasteiger partial charge in [0, 0.05) is 21.2 Å². The molecular weight excluding hydrogens is 463 g/mol. The Labute approximate surface area is 184 Å². The van der Waals surface area contributed by atoms with Gasteiger partial charge in [0.15, 0.2) is 0 Å². The van der Waals surface area contributed by atoms with Crippen LogP contribution in [-0.4, -0.2) is 20.4 Å². The Kier molecular flexibility index (Phi) is 4.56. The van der Waals surface area contributed by atoms with E-state index >= 15 is 0 Å². The van der Waals surface area contributed by atoms with Gasteiger partial charge in [-0.15, -0.1) is 5.10 Å². The molecule has 31 heavy (non-hydrogen) atoms. The summed E-state index contributed by atoms with van der Waals surface area (Å²) in [4.78, 5) is 0. The van der Waals surface area contributed by atoms with Crippen molar-refractivity contribution in [1.82, 2.24) is 20.4 Å². The summed E-state index contributed by atoms with van der Waals surface area (Å²) < 4.78 is 20.0. The van der Waals surface area contributed by atoms with E-state index in [0.29, 0.717) is 28.4 Å². The molecule has 0 amide bonds. The van der Waals surface area contributed by atoms with Crippen LogP contribution in [0.25, 0.3) is 22.5 Å². The second-order valence-corrected chi connectivity index (χ2v) is 7.87. The minimum atomic E-state index is -0.579. The number of halogens is 2. The molecule has 0 spiro atoms. The van der Waals surface area contributed by atoms with Gasteiger partial charge in [-0.1, -0.05) is 28.1 Å². The van der Waals surface area contributed by atoms with Crippen molar-refractivity contribution in [3.63, 3.8) is 0 Å². The average molecular weight is 477 g/mol. The third-order valence-corrected chi connectivity index (χ3v) is 5.71. The highest BCUT2D eigenvalue weighted by Gasteiger charge is 2.37. The maximum atomic E-state index is 13.5. The molecule has 0 radical (unpaired) electrons. The zero-order valence-corrected chi connectivity index (χ0v) is 17.4. The van der Waals surface area contributed by atoms with Gasteiger partial charge < -0.3 is 10.5 Å². The number of hydrogen-bond acceptors (Lipinski definition) is 5. The second-order valence-electron chi connectivity index (χ2n) is 6.96. The van der Waals surface area contributed by atoms with Gasteiger partial charge >= 0.3 is 0 Å². The molecule has 0 aliphatic carbocycles. The number of H-pyrrole nitrogens is 2. The molecule has 0 bridgehead atoms. The molecule has 1 aliphatic heterocycles. The largest absolute Gasteiger partial charge is 0.420 e. The molecule has 7 nitrogen and oxygen atoms in total. The van der Waals surface area contributed by atoms with Gasteiger partial charge in [0.1, 0.15) is 17.5 Å². The van der Waals surface area contributed by atoms with Crippen LogP contribution in [0.5, 0.6) is 5.88 Å². The summed E-state index contributed by atoms with van der Waals surface area (Å²) in [5, 5.41) is 24.4. The fourth-order valence-corrected chi connectivity index (χ4v) is 4.02. The smallest absolute Gasteiger partial charge is 0.244 e. The number of benzene rings is 2. The summed E-state index contributed by atoms with van der Waals surface area (Å²) in [7, 11) is 0. The van der Waals surface area contributed by atoms with Crippen LogP contribution < -0.4 is 10.5 Å². The van der Waals surface area contributed by atoms with E-state index < -0.39 is 5.92 Å². The highest BCUT2D eigenvalue weighted by molar-refractivity contribution is 9.10. The van der Waals surface area contributed by atoms with Gasteiger partial charge in [-0.25, -0.2) is 4.39 Å². The molecular formula is C22H14BrFN6O. The van der Waals surface area contributed by atoms with Crippen LogP contribution >= 0.6 is 15.9 Å². The Morgan fingerprint density at radius 1 is 1.03 bits per heavy atom. The topological polar surface area (TPSA) is 116 Å². The average Bonchev–Trinajstić information content (AvgIpc) is 3.41. The highest BCUT2D eigenvalue weighted by atomic mass is 79.9. The number of aromatic nitrogens is 4. The maximum Gasteiger partial charge on any atom is 0.244 e. The Morgan fingerprint density at radius 2 is 1.71 bits per heavy atom. The number of fused-ring (bicyclic) bond motifs is 1. The first-order valence-corrected chi connectivity index (χ1v) is 10.1. The van der Waals surface area contributed by atoms with Gasteiger partial charge in [-0.2, -0.15) is 10.4 Å². The van der Waals surface area contributed by atoms with Crippen LogP contribution in [0.1, 0.15) is 17.0 Å². The number of hydrogen-bond donors (Lipinski definition) is 3. The third-order valence-electron chi connectivity index (χ3n) is 5.18. The lowest BCUT2D eigenvalue weighted by Gasteiger charge is -2.24. The number of rotatable bonds is 3. The Morgan fingerprint density at radius 3 is 2.42 bits per heavy atom. The maximum absolute atomic E-state index is 13.5. The van der Waals surface area contributed by atoms with Crippen LogP contribution in [0.3, 0.4) is 0 Å². The number of aromatic amines is 2. The molecule has 0 fully saturated rings. The molecule has 3 heterocycles. The van der Waals surface area contributed by atoms with E-state index in [2.05, 4.69) is 42.4 Å². The van der Waals surface area contributed by atoms with Crippen molar-refractivity contribution in [2.45, 2.75) is 5.92 Å². The molecule has 9 heteroatoms. The lowest BCUT2D eigenvalue weighted by molar-refractivity contribution is 0.379. The molecule has 4 N–H and O–H groups in total. The molecule has 5 rings (SSSR count). The number of ether oxygens (including phenoxy) is 1. The molecule has 2 aromatic heterocycles. The van der Waals surface area contributed by atoms with Gasteiger partial charge in [-0.05, 0) is 36.4 Å². The summed E-state index contributed by atoms with van der Waals surface area (Å²) in [6.45, 7) is 0. The summed E-state index contributed by atoms with van der Waals surface area (Å²) in [5.74, 6) is -0.636. The Bertz CT molecular complexity index is 1350. The minimum absolute atomic E-state index is 0.0138. The number of nitriles is 1. The summed E-state index contributed by atoms with van der Waals surface area (Å²) in [5.41, 5.74) is 10.7. The molecule has 0 saturated heterocycles. The first kappa shape index (κ1) is 19.1. The number of nitrogens with two attached hydrogens (primary N) is 1. The van der Waals surface area contributed by atoms with Gasteiger partial charge in [0.05, 0.1) is 29.1 Å². The van der Waals surface area contributed by atoms with Gasteiger partial charge in [0.25, 0.3) is 0 Å². The van der Waals surface area contributed by atoms with E-state index in [1.165, 1.54) is 12.1 Å². The predicted molar refractivity (Wildman–Crippen MR) is 115 cm³/mol. The van der Waals surface area contributed by atoms with Gasteiger partial charge in [0.2, 0.25) is 11.8 Å². The van der Waals surface area contributed by atoms with Crippen molar-refractivity contribution in [2.75, 3.05) is 0 Å². The van der Waals surface area contributed by atoms with E-state index in [1.807, 2.05) is 24.3 Å². The molecule has 2 aromatic carbocycles. The van der Waals surface area contributed by atoms with Crippen molar-refractivity contribution in [1.29, 1.82) is 5.26 Å². The lowest BCUT2D eigenvalue weighted by Crippen LogP contribution is -2.21. The molecule has 1 aliphatic rings. The third kappa shape index (κ3) is 3.17. The van der Waals surface area contributed by atoms with E-state index in [9.17, 15) is 9.65 Å². The van der Waals surface area contributed by atoms with E-state index in [-0.39, 0.29) is 17.3 Å². The lowest BCUT2D eigenvalue weighted by atomic mass is 9.82. The van der Waals surface area contributed by atoms with Crippen LogP contribution in [0.4, 0.5) is 4.39 Å². The standard InChI is InChI=1S/C22H14BrFN6O/c23-13-5-1-12(2-6-13)20-18-17(15(9-25)21(26)31-22(18)30-29-20)16-10-27-28-19(16)11-3-7-14(24)8-4-11/h1-8,10,17H,26H2,(H,27,28)(H,29,30)/t17-/m0/s1. The first-order chi connectivity index (χ1) is 15.1. The minimum Gasteiger partial charge on any atom is -0.420 e. The Balaban J connectivity index is 1.72. The fourth-order valence-electron chi connectivity index (χ4n) is 3.75. The fraction of sp³-hybridized carbons (Fsp3) is 0.0455. The highest BCUT2D eigenvalue weighted by Crippen LogP contribution is 2.47. The van der Waals surface area contributed by atoms with Crippen LogP contribution in [-0.2, 0) is 0 Å². The van der Waals surface area contributed by atoms with Crippen molar-refractivity contribution >= 4 is 15.9 Å². The molecule has 0 saturated carbocycles. The quantitative estimate of drug-likeness (QED) is 0.399. The van der Waals surface area contributed by atoms with E-state index in [0.717, 1.165) is 15.6 Å². The summed E-state index contributed by atoms with van der Waals surface area (Å²) in [6.07, 6.45) is 1.64. The van der Waals surface area contributed by atoms with Crippen LogP contribution in [0, 0.1) is 17.1 Å². The van der Waals surface area contributed by atoms with Crippen LogP contribution in [0.2, 0.25) is 0 Å². The molecule has 4 aromatic rings. The first-order valence-electron chi connectivity index (χ1n) is 9.27. The van der Waals surface area contributed by atoms with Crippen molar-refractivity contribution < 1.29 is 9.13 Å². The van der Waals surface area contributed by atoms with Crippen molar-refractivity contribution in [3.8, 4) is 34.5 Å². The number of nitrogens with zero attached hydrogens (tertiary/aromatic N) is 3. The van der Waals surface area contributed by atoms with Crippen LogP contribution in [0.15, 0.2) is 70.7 Å². The number of allylic oxidation sites excluding steroid dienone is 1. The zero-order valence-electron chi connectivity index (χ0n) is 15.9. The Hall–Kier alpha value is -3.90. The van der Waals surface area contributed by atoms with E-state index in [1.54, 1.807) is 18.3 Å². The normalized spacial score (nSPS) is 15.3. The molecule has 152 valence electrons. The molecule has 0 unspecified atom stereocenters. The number of nitrogens with one attached hydrogen (secondary N) is 2. The zero-order chi connectivity index (χ0) is 21.5. The second kappa shape index (κ2) is 7.41. The summed E-state index contributed by atoms with van der Waals surface area (Å²) in [6, 6.07) is 15.9. The van der Waals surface area contributed by atoms with Crippen molar-refractivity contribution in [2.24, 2.45) is 5.73 Å². The van der Waals surface area contributed by atoms with Crippen molar-refractivity contribution in [3.05, 3.63) is 87.6 Å². The predicted octanol–water partition coefficient (Wildman–Crippen LogP) is 4.59. The SMILES string of the molecule is N#CC1=C(N)Oc2n[nH]c(-c3ccc(Br)cc3)c2[C@@H]1c1cn[nH]c1-c1ccc(F)cc1. The van der Waals surface area contributed by atoms with Gasteiger partial charge in [-0.3, -0.25) is 10.2 Å². The van der Waals surface area contributed by atoms with E-state index in [4.69, 9.17) is 10.5 Å².